The number of rotatable bonds is 10. The van der Waals surface area contributed by atoms with Crippen molar-refractivity contribution in [3.05, 3.63) is 46.8 Å². The summed E-state index contributed by atoms with van der Waals surface area (Å²) in [7, 11) is 8.54. The van der Waals surface area contributed by atoms with Crippen LogP contribution in [0.4, 0.5) is 0 Å². The molecule has 0 heterocycles. The van der Waals surface area contributed by atoms with Crippen LogP contribution in [0.1, 0.15) is 20.7 Å². The molecule has 1 aromatic carbocycles. The van der Waals surface area contributed by atoms with Crippen LogP contribution in [0.3, 0.4) is 0 Å². The Morgan fingerprint density at radius 2 is 1.45 bits per heavy atom. The Bertz CT molecular complexity index is 803. The molecular formula is C21H29N3O5. The fourth-order valence-corrected chi connectivity index (χ4v) is 3.16. The van der Waals surface area contributed by atoms with Gasteiger partial charge in [-0.05, 0) is 14.1 Å². The molecule has 8 heteroatoms. The third-order valence-electron chi connectivity index (χ3n) is 4.69. The predicted octanol–water partition coefficient (Wildman–Crippen LogP) is 0.892. The molecule has 2 rings (SSSR count). The van der Waals surface area contributed by atoms with Gasteiger partial charge in [-0.15, -0.1) is 0 Å². The number of methoxy groups -OCH3 is 2. The Morgan fingerprint density at radius 3 is 1.97 bits per heavy atom. The summed E-state index contributed by atoms with van der Waals surface area (Å²) in [4.78, 5) is 44.6. The first-order valence-electron chi connectivity index (χ1n) is 9.40. The van der Waals surface area contributed by atoms with Crippen molar-refractivity contribution in [2.45, 2.75) is 0 Å². The van der Waals surface area contributed by atoms with Gasteiger partial charge in [-0.2, -0.15) is 0 Å². The molecule has 0 saturated carbocycles. The van der Waals surface area contributed by atoms with Crippen LogP contribution >= 0.6 is 0 Å². The average Bonchev–Trinajstić information content (AvgIpc) is 2.70. The van der Waals surface area contributed by atoms with E-state index < -0.39 is 5.91 Å². The van der Waals surface area contributed by atoms with Crippen molar-refractivity contribution in [3.8, 4) is 0 Å². The molecular weight excluding hydrogens is 374 g/mol. The molecule has 0 spiro atoms. The van der Waals surface area contributed by atoms with E-state index in [-0.39, 0.29) is 42.7 Å². The first-order valence-corrected chi connectivity index (χ1v) is 9.40. The number of ketones is 2. The molecule has 0 atom stereocenters. The minimum Gasteiger partial charge on any atom is -0.383 e. The highest BCUT2D eigenvalue weighted by molar-refractivity contribution is 6.27. The van der Waals surface area contributed by atoms with Crippen LogP contribution in [0.5, 0.6) is 0 Å². The second-order valence-electron chi connectivity index (χ2n) is 7.10. The molecule has 158 valence electrons. The molecule has 29 heavy (non-hydrogen) atoms. The van der Waals surface area contributed by atoms with Gasteiger partial charge in [0, 0.05) is 52.0 Å². The first-order chi connectivity index (χ1) is 13.8. The smallest absolute Gasteiger partial charge is 0.253 e. The topological polar surface area (TPSA) is 79.4 Å². The minimum atomic E-state index is -0.404. The number of carbonyl (C=O) groups is 3. The molecule has 8 nitrogen and oxygen atoms in total. The lowest BCUT2D eigenvalue weighted by Gasteiger charge is -2.34. The van der Waals surface area contributed by atoms with Gasteiger partial charge in [0.05, 0.1) is 6.61 Å². The highest BCUT2D eigenvalue weighted by Crippen LogP contribution is 2.30. The zero-order valence-corrected chi connectivity index (χ0v) is 17.7. The number of nitrogens with zero attached hydrogens (tertiary/aromatic N) is 3. The van der Waals surface area contributed by atoms with E-state index in [9.17, 15) is 14.4 Å². The Kier molecular flexibility index (Phi) is 8.07. The van der Waals surface area contributed by atoms with Gasteiger partial charge in [-0.3, -0.25) is 14.4 Å². The van der Waals surface area contributed by atoms with Crippen molar-refractivity contribution < 1.29 is 23.9 Å². The van der Waals surface area contributed by atoms with Crippen molar-refractivity contribution >= 4 is 17.5 Å². The highest BCUT2D eigenvalue weighted by atomic mass is 16.5. The van der Waals surface area contributed by atoms with Crippen molar-refractivity contribution in [1.29, 1.82) is 0 Å². The SMILES string of the molecule is COCCN(C(=O)COC)C1=C(N(C)CCN(C)C)C(=O)c2ccccc2C1=O. The molecule has 1 aliphatic carbocycles. The number of hydrogen-bond donors (Lipinski definition) is 0. The number of benzene rings is 1. The van der Waals surface area contributed by atoms with Gasteiger partial charge in [-0.1, -0.05) is 24.3 Å². The number of carbonyl (C=O) groups excluding carboxylic acids is 3. The van der Waals surface area contributed by atoms with E-state index in [1.807, 2.05) is 19.0 Å². The van der Waals surface area contributed by atoms with Crippen LogP contribution in [-0.4, -0.2) is 100 Å². The summed E-state index contributed by atoms with van der Waals surface area (Å²) in [5.41, 5.74) is 0.939. The number of fused-ring (bicyclic) bond motifs is 1. The molecule has 0 radical (unpaired) electrons. The lowest BCUT2D eigenvalue weighted by Crippen LogP contribution is -2.45. The van der Waals surface area contributed by atoms with E-state index in [1.165, 1.54) is 19.1 Å². The van der Waals surface area contributed by atoms with E-state index in [1.54, 1.807) is 36.2 Å². The van der Waals surface area contributed by atoms with Crippen LogP contribution < -0.4 is 0 Å². The number of amides is 1. The van der Waals surface area contributed by atoms with Gasteiger partial charge < -0.3 is 24.2 Å². The van der Waals surface area contributed by atoms with Gasteiger partial charge in [0.25, 0.3) is 5.91 Å². The minimum absolute atomic E-state index is 0.0778. The Hall–Kier alpha value is -2.55. The van der Waals surface area contributed by atoms with E-state index >= 15 is 0 Å². The predicted molar refractivity (Wildman–Crippen MR) is 109 cm³/mol. The number of hydrogen-bond acceptors (Lipinski definition) is 7. The summed E-state index contributed by atoms with van der Waals surface area (Å²) in [6.45, 7) is 1.35. The summed E-state index contributed by atoms with van der Waals surface area (Å²) in [5, 5.41) is 0. The molecule has 0 aliphatic heterocycles. The summed E-state index contributed by atoms with van der Waals surface area (Å²) in [5.74, 6) is -1.03. The van der Waals surface area contributed by atoms with E-state index in [0.29, 0.717) is 24.2 Å². The van der Waals surface area contributed by atoms with E-state index in [4.69, 9.17) is 9.47 Å². The van der Waals surface area contributed by atoms with Crippen LogP contribution in [0.25, 0.3) is 0 Å². The molecule has 0 bridgehead atoms. The molecule has 0 fully saturated rings. The fraction of sp³-hybridized carbons (Fsp3) is 0.476. The maximum absolute atomic E-state index is 13.4. The number of Topliss-reactive ketones (excluding diaryl/α,β-unsaturated/α-hetero) is 2. The summed E-state index contributed by atoms with van der Waals surface area (Å²) in [6.07, 6.45) is 0. The second kappa shape index (κ2) is 10.3. The lowest BCUT2D eigenvalue weighted by atomic mass is 9.89. The van der Waals surface area contributed by atoms with Gasteiger partial charge in [-0.25, -0.2) is 0 Å². The average molecular weight is 403 g/mol. The molecule has 1 aromatic rings. The number of likely N-dealkylation sites (N-methyl/N-ethyl adjacent to an activating group) is 2. The largest absolute Gasteiger partial charge is 0.383 e. The maximum atomic E-state index is 13.4. The van der Waals surface area contributed by atoms with Gasteiger partial charge in [0.15, 0.2) is 0 Å². The van der Waals surface area contributed by atoms with Gasteiger partial charge in [0.1, 0.15) is 18.0 Å². The fourth-order valence-electron chi connectivity index (χ4n) is 3.16. The summed E-state index contributed by atoms with van der Waals surface area (Å²) < 4.78 is 10.1. The van der Waals surface area contributed by atoms with Crippen LogP contribution in [0.15, 0.2) is 35.7 Å². The highest BCUT2D eigenvalue weighted by Gasteiger charge is 2.38. The van der Waals surface area contributed by atoms with Crippen molar-refractivity contribution in [2.24, 2.45) is 0 Å². The standard InChI is InChI=1S/C21H29N3O5/c1-22(2)10-11-23(3)18-19(24(12-13-28-4)17(25)14-29-5)21(27)16-9-7-6-8-15(16)20(18)26/h6-9H,10-14H2,1-5H3. The molecule has 1 amide bonds. The Labute approximate surface area is 171 Å². The third-order valence-corrected chi connectivity index (χ3v) is 4.69. The van der Waals surface area contributed by atoms with Crippen molar-refractivity contribution in [3.63, 3.8) is 0 Å². The third kappa shape index (κ3) is 5.09. The molecule has 0 unspecified atom stereocenters. The summed E-state index contributed by atoms with van der Waals surface area (Å²) in [6, 6.07) is 6.69. The van der Waals surface area contributed by atoms with E-state index in [0.717, 1.165) is 0 Å². The quantitative estimate of drug-likeness (QED) is 0.574. The van der Waals surface area contributed by atoms with Crippen LogP contribution in [-0.2, 0) is 14.3 Å². The zero-order chi connectivity index (χ0) is 21.6. The van der Waals surface area contributed by atoms with Crippen LogP contribution in [0.2, 0.25) is 0 Å². The lowest BCUT2D eigenvalue weighted by molar-refractivity contribution is -0.133. The van der Waals surface area contributed by atoms with Crippen molar-refractivity contribution in [2.75, 3.05) is 68.2 Å². The first kappa shape index (κ1) is 22.7. The molecule has 1 aliphatic rings. The molecule has 0 aromatic heterocycles. The molecule has 0 N–H and O–H groups in total. The number of ether oxygens (including phenoxy) is 2. The maximum Gasteiger partial charge on any atom is 0.253 e. The van der Waals surface area contributed by atoms with Crippen LogP contribution in [0, 0.1) is 0 Å². The monoisotopic (exact) mass is 403 g/mol. The van der Waals surface area contributed by atoms with Gasteiger partial charge >= 0.3 is 0 Å². The Morgan fingerprint density at radius 1 is 0.862 bits per heavy atom. The zero-order valence-electron chi connectivity index (χ0n) is 17.7. The molecule has 0 saturated heterocycles. The van der Waals surface area contributed by atoms with Crippen molar-refractivity contribution in [1.82, 2.24) is 14.7 Å². The van der Waals surface area contributed by atoms with E-state index in [2.05, 4.69) is 0 Å². The normalized spacial score (nSPS) is 13.7. The Balaban J connectivity index is 2.61. The van der Waals surface area contributed by atoms with Gasteiger partial charge in [0.2, 0.25) is 11.6 Å². The number of allylic oxidation sites excluding steroid dienone is 2. The second-order valence-corrected chi connectivity index (χ2v) is 7.10. The summed E-state index contributed by atoms with van der Waals surface area (Å²) >= 11 is 0.